The number of imide groups is 1. The van der Waals surface area contributed by atoms with Crippen LogP contribution in [0.2, 0.25) is 0 Å². The molecule has 2 aliphatic rings. The van der Waals surface area contributed by atoms with E-state index in [0.29, 0.717) is 0 Å². The first kappa shape index (κ1) is 18.9. The van der Waals surface area contributed by atoms with Gasteiger partial charge in [-0.15, -0.1) is 0 Å². The van der Waals surface area contributed by atoms with Gasteiger partial charge < -0.3 is 9.80 Å². The number of nitrogens with zero attached hydrogens (tertiary/aromatic N) is 6. The van der Waals surface area contributed by atoms with Gasteiger partial charge in [-0.3, -0.25) is 24.6 Å². The molecular weight excluding hydrogens is 370 g/mol. The second-order valence-corrected chi connectivity index (χ2v) is 6.20. The lowest BCUT2D eigenvalue weighted by atomic mass is 10.1. The Labute approximate surface area is 159 Å². The molecule has 0 aromatic heterocycles. The predicted molar refractivity (Wildman–Crippen MR) is 97.5 cm³/mol. The Kier molecular flexibility index (Phi) is 5.02. The number of carbonyl (C=O) groups is 3. The van der Waals surface area contributed by atoms with Gasteiger partial charge in [0, 0.05) is 20.2 Å². The highest BCUT2D eigenvalue weighted by Crippen LogP contribution is 2.24. The molecule has 1 aromatic carbocycles. The van der Waals surface area contributed by atoms with E-state index in [1.807, 2.05) is 0 Å². The van der Waals surface area contributed by atoms with Crippen LogP contribution >= 0.6 is 0 Å². The summed E-state index contributed by atoms with van der Waals surface area (Å²) in [4.78, 5) is 54.8. The number of hydrazone groups is 1. The zero-order valence-electron chi connectivity index (χ0n) is 15.1. The van der Waals surface area contributed by atoms with Gasteiger partial charge in [0.1, 0.15) is 6.54 Å². The van der Waals surface area contributed by atoms with E-state index >= 15 is 0 Å². The first-order valence-electron chi connectivity index (χ1n) is 8.20. The molecule has 2 unspecified atom stereocenters. The van der Waals surface area contributed by atoms with Gasteiger partial charge in [0.2, 0.25) is 0 Å². The van der Waals surface area contributed by atoms with Gasteiger partial charge in [-0.1, -0.05) is 12.1 Å². The smallest absolute Gasteiger partial charge is 0.328 e. The molecule has 1 aromatic rings. The average Bonchev–Trinajstić information content (AvgIpc) is 3.08. The summed E-state index contributed by atoms with van der Waals surface area (Å²) >= 11 is 0. The third-order valence-corrected chi connectivity index (χ3v) is 4.43. The third kappa shape index (κ3) is 3.39. The Morgan fingerprint density at radius 2 is 2.07 bits per heavy atom. The lowest BCUT2D eigenvalue weighted by molar-refractivity contribution is -0.385. The maximum absolute atomic E-state index is 12.4. The first-order chi connectivity index (χ1) is 13.3. The quantitative estimate of drug-likeness (QED) is 0.414. The summed E-state index contributed by atoms with van der Waals surface area (Å²) in [5.74, 6) is -1.00. The Morgan fingerprint density at radius 3 is 2.79 bits per heavy atom. The molecule has 1 N–H and O–H groups in total. The number of hydrogen-bond acceptors (Lipinski definition) is 8. The predicted octanol–water partition coefficient (Wildman–Crippen LogP) is -0.393. The van der Waals surface area contributed by atoms with Crippen molar-refractivity contribution >= 4 is 36.1 Å². The van der Waals surface area contributed by atoms with Crippen molar-refractivity contribution in [2.45, 2.75) is 12.2 Å². The van der Waals surface area contributed by atoms with E-state index in [1.165, 1.54) is 54.6 Å². The van der Waals surface area contributed by atoms with Gasteiger partial charge in [-0.25, -0.2) is 15.2 Å². The minimum Gasteiger partial charge on any atom is -0.338 e. The molecule has 1 saturated heterocycles. The van der Waals surface area contributed by atoms with Crippen LogP contribution in [0.5, 0.6) is 0 Å². The van der Waals surface area contributed by atoms with E-state index < -0.39 is 35.0 Å². The van der Waals surface area contributed by atoms with Crippen molar-refractivity contribution in [1.29, 1.82) is 0 Å². The van der Waals surface area contributed by atoms with E-state index in [9.17, 15) is 24.5 Å². The maximum Gasteiger partial charge on any atom is 0.328 e. The fourth-order valence-corrected chi connectivity index (χ4v) is 2.98. The van der Waals surface area contributed by atoms with Crippen molar-refractivity contribution < 1.29 is 19.3 Å². The van der Waals surface area contributed by atoms with Gasteiger partial charge in [0.25, 0.3) is 17.5 Å². The standard InChI is InChI=1S/C16H17N7O5/c1-20-14-13(15(25)21(2)16(20)26)22(9-17-14)8-12(24)19-18-7-10-5-3-4-6-11(10)23(27)28/h3-7,9,13-14H,8H2,1-2H3,(H,19,24)/b18-7+. The van der Waals surface area contributed by atoms with E-state index in [4.69, 9.17) is 0 Å². The van der Waals surface area contributed by atoms with Crippen molar-refractivity contribution in [3.8, 4) is 0 Å². The number of rotatable bonds is 5. The van der Waals surface area contributed by atoms with Crippen LogP contribution in [0.3, 0.4) is 0 Å². The van der Waals surface area contributed by atoms with Crippen molar-refractivity contribution in [3.63, 3.8) is 0 Å². The molecule has 12 nitrogen and oxygen atoms in total. The summed E-state index contributed by atoms with van der Waals surface area (Å²) in [6.07, 6.45) is 1.82. The van der Waals surface area contributed by atoms with E-state index in [1.54, 1.807) is 6.07 Å². The van der Waals surface area contributed by atoms with Gasteiger partial charge in [-0.2, -0.15) is 5.10 Å². The number of aliphatic imine (C=N–C) groups is 1. The van der Waals surface area contributed by atoms with Crippen molar-refractivity contribution in [3.05, 3.63) is 39.9 Å². The molecule has 0 spiro atoms. The number of likely N-dealkylation sites (N-methyl/N-ethyl adjacent to an activating group) is 2. The highest BCUT2D eigenvalue weighted by molar-refractivity contribution is 6.02. The number of urea groups is 1. The summed E-state index contributed by atoms with van der Waals surface area (Å²) in [5, 5.41) is 14.7. The highest BCUT2D eigenvalue weighted by atomic mass is 16.6. The number of nitro benzene ring substituents is 1. The highest BCUT2D eigenvalue weighted by Gasteiger charge is 2.48. The normalized spacial score (nSPS) is 21.4. The van der Waals surface area contributed by atoms with E-state index in [2.05, 4.69) is 15.5 Å². The van der Waals surface area contributed by atoms with E-state index in [0.717, 1.165) is 4.90 Å². The lowest BCUT2D eigenvalue weighted by Gasteiger charge is -2.39. The van der Waals surface area contributed by atoms with Gasteiger partial charge in [0.05, 0.1) is 23.0 Å². The second-order valence-electron chi connectivity index (χ2n) is 6.20. The third-order valence-electron chi connectivity index (χ3n) is 4.43. The lowest BCUT2D eigenvalue weighted by Crippen LogP contribution is -2.64. The van der Waals surface area contributed by atoms with Crippen LogP contribution < -0.4 is 5.43 Å². The number of para-hydroxylation sites is 1. The molecule has 0 bridgehead atoms. The SMILES string of the molecule is CN1C(=O)C2C(N=CN2CC(=O)N/N=C/c2ccccc2[N+](=O)[O-])N(C)C1=O. The monoisotopic (exact) mass is 387 g/mol. The summed E-state index contributed by atoms with van der Waals surface area (Å²) in [7, 11) is 2.89. The number of hydrogen-bond donors (Lipinski definition) is 1. The van der Waals surface area contributed by atoms with Crippen molar-refractivity contribution in [2.75, 3.05) is 20.6 Å². The molecule has 2 aliphatic heterocycles. The second kappa shape index (κ2) is 7.42. The molecule has 28 heavy (non-hydrogen) atoms. The number of benzene rings is 1. The first-order valence-corrected chi connectivity index (χ1v) is 8.20. The molecule has 2 heterocycles. The molecule has 2 atom stereocenters. The number of fused-ring (bicyclic) bond motifs is 1. The van der Waals surface area contributed by atoms with Crippen LogP contribution in [0.4, 0.5) is 10.5 Å². The summed E-state index contributed by atoms with van der Waals surface area (Å²) in [6, 6.07) is 4.69. The molecule has 0 radical (unpaired) electrons. The molecule has 12 heteroatoms. The van der Waals surface area contributed by atoms with Gasteiger partial charge in [-0.05, 0) is 6.07 Å². The molecular formula is C16H17N7O5. The maximum atomic E-state index is 12.4. The van der Waals surface area contributed by atoms with Crippen LogP contribution in [-0.2, 0) is 9.59 Å². The fourth-order valence-electron chi connectivity index (χ4n) is 2.98. The van der Waals surface area contributed by atoms with Crippen LogP contribution in [0, 0.1) is 10.1 Å². The molecule has 4 amide bonds. The minimum absolute atomic E-state index is 0.140. The van der Waals surface area contributed by atoms with E-state index in [-0.39, 0.29) is 17.8 Å². The zero-order chi connectivity index (χ0) is 20.4. The van der Waals surface area contributed by atoms with Crippen molar-refractivity contribution in [2.24, 2.45) is 10.1 Å². The van der Waals surface area contributed by atoms with Crippen LogP contribution in [0.25, 0.3) is 0 Å². The summed E-state index contributed by atoms with van der Waals surface area (Å²) in [5.41, 5.74) is 2.36. The van der Waals surface area contributed by atoms with Crippen LogP contribution in [0.15, 0.2) is 34.4 Å². The summed E-state index contributed by atoms with van der Waals surface area (Å²) < 4.78 is 0. The van der Waals surface area contributed by atoms with Crippen LogP contribution in [0.1, 0.15) is 5.56 Å². The fraction of sp³-hybridized carbons (Fsp3) is 0.312. The van der Waals surface area contributed by atoms with Crippen LogP contribution in [-0.4, -0.2) is 82.9 Å². The number of nitrogens with one attached hydrogen (secondary N) is 1. The number of nitro groups is 1. The number of carbonyl (C=O) groups excluding carboxylic acids is 3. The molecule has 3 rings (SSSR count). The molecule has 0 saturated carbocycles. The van der Waals surface area contributed by atoms with Gasteiger partial charge >= 0.3 is 6.03 Å². The Morgan fingerprint density at radius 1 is 1.36 bits per heavy atom. The minimum atomic E-state index is -0.794. The van der Waals surface area contributed by atoms with Gasteiger partial charge in [0.15, 0.2) is 12.2 Å². The van der Waals surface area contributed by atoms with Crippen molar-refractivity contribution in [1.82, 2.24) is 20.1 Å². The average molecular weight is 387 g/mol. The Balaban J connectivity index is 1.63. The zero-order valence-corrected chi connectivity index (χ0v) is 15.1. The topological polar surface area (TPSA) is 141 Å². The Hall–Kier alpha value is -3.83. The largest absolute Gasteiger partial charge is 0.338 e. The Bertz CT molecular complexity index is 899. The molecule has 0 aliphatic carbocycles. The summed E-state index contributed by atoms with van der Waals surface area (Å²) in [6.45, 7) is -0.222. The number of amides is 4. The molecule has 1 fully saturated rings. The molecule has 146 valence electrons.